The van der Waals surface area contributed by atoms with Crippen molar-refractivity contribution in [2.24, 2.45) is 0 Å². The third-order valence-electron chi connectivity index (χ3n) is 4.41. The molecule has 0 fully saturated rings. The Morgan fingerprint density at radius 2 is 1.78 bits per heavy atom. The Hall–Kier alpha value is -2.62. The van der Waals surface area contributed by atoms with Crippen LogP contribution in [0.2, 0.25) is 0 Å². The number of rotatable bonds is 4. The number of halogens is 3. The van der Waals surface area contributed by atoms with Crippen molar-refractivity contribution in [3.8, 4) is 0 Å². The number of fused-ring (bicyclic) bond motifs is 1. The summed E-state index contributed by atoms with van der Waals surface area (Å²) in [4.78, 5) is 24.8. The highest BCUT2D eigenvalue weighted by molar-refractivity contribution is 7.90. The third-order valence-corrected chi connectivity index (χ3v) is 6.20. The molecule has 1 amide bonds. The molecule has 27 heavy (non-hydrogen) atoms. The summed E-state index contributed by atoms with van der Waals surface area (Å²) in [6, 6.07) is 6.84. The average molecular weight is 400 g/mol. The van der Waals surface area contributed by atoms with Crippen molar-refractivity contribution < 1.29 is 31.2 Å². The number of carbonyl (C=O) groups excluding carboxylic acids is 2. The van der Waals surface area contributed by atoms with Crippen molar-refractivity contribution in [1.82, 2.24) is 8.87 Å². The molecule has 6 nitrogen and oxygen atoms in total. The summed E-state index contributed by atoms with van der Waals surface area (Å²) in [5.74, 6) is -1.58. The second-order valence-corrected chi connectivity index (χ2v) is 8.05. The zero-order valence-electron chi connectivity index (χ0n) is 14.4. The zero-order valence-corrected chi connectivity index (χ0v) is 15.2. The Bertz CT molecular complexity index is 1050. The number of Topliss-reactive ketones (excluding diaryl/α,β-unsaturated/α-hetero) is 1. The summed E-state index contributed by atoms with van der Waals surface area (Å²) in [6.07, 6.45) is -4.47. The number of benzene rings is 1. The van der Waals surface area contributed by atoms with E-state index in [4.69, 9.17) is 0 Å². The van der Waals surface area contributed by atoms with Gasteiger partial charge in [0.1, 0.15) is 18.0 Å². The van der Waals surface area contributed by atoms with Crippen LogP contribution in [0.1, 0.15) is 32.1 Å². The normalized spacial score (nSPS) is 15.9. The number of hydrogen-bond acceptors (Lipinski definition) is 4. The van der Waals surface area contributed by atoms with Gasteiger partial charge in [0.25, 0.3) is 15.9 Å². The van der Waals surface area contributed by atoms with E-state index in [2.05, 4.69) is 0 Å². The Labute approximate surface area is 153 Å². The molecule has 1 aromatic heterocycles. The molecule has 0 aliphatic carbocycles. The maximum Gasteiger partial charge on any atom is 0.406 e. The van der Waals surface area contributed by atoms with Crippen LogP contribution >= 0.6 is 0 Å². The molecule has 0 radical (unpaired) electrons. The van der Waals surface area contributed by atoms with E-state index in [1.54, 1.807) is 0 Å². The molecule has 10 heteroatoms. The lowest BCUT2D eigenvalue weighted by atomic mass is 10.1. The molecule has 0 spiro atoms. The first-order valence-electron chi connectivity index (χ1n) is 7.86. The van der Waals surface area contributed by atoms with E-state index in [9.17, 15) is 31.2 Å². The number of hydrogen-bond donors (Lipinski definition) is 0. The van der Waals surface area contributed by atoms with Crippen molar-refractivity contribution in [2.45, 2.75) is 31.5 Å². The largest absolute Gasteiger partial charge is 0.406 e. The van der Waals surface area contributed by atoms with E-state index in [0.29, 0.717) is 4.31 Å². The summed E-state index contributed by atoms with van der Waals surface area (Å²) < 4.78 is 64.5. The molecule has 0 N–H and O–H groups in total. The Balaban J connectivity index is 1.92. The summed E-state index contributed by atoms with van der Waals surface area (Å²) in [5.41, 5.74) is 0.201. The van der Waals surface area contributed by atoms with Gasteiger partial charge in [0.2, 0.25) is 0 Å². The van der Waals surface area contributed by atoms with Gasteiger partial charge in [-0.15, -0.1) is 0 Å². The van der Waals surface area contributed by atoms with Gasteiger partial charge in [-0.3, -0.25) is 9.59 Å². The Kier molecular flexibility index (Phi) is 4.41. The smallest absolute Gasteiger partial charge is 0.339 e. The molecule has 0 saturated heterocycles. The van der Waals surface area contributed by atoms with E-state index < -0.39 is 41.0 Å². The average Bonchev–Trinajstić information content (AvgIpc) is 2.95. The number of amides is 1. The van der Waals surface area contributed by atoms with Crippen LogP contribution < -0.4 is 0 Å². The van der Waals surface area contributed by atoms with Crippen LogP contribution in [0.4, 0.5) is 13.2 Å². The standard InChI is InChI=1S/C17H15F3N2O4S/c1-10-7-13(11(2)21(10)9-17(18,19)20)14(23)8-22-16(24)12-5-3-4-6-15(12)27(22,25)26/h3-7H,8-9H2,1-2H3. The summed E-state index contributed by atoms with van der Waals surface area (Å²) >= 11 is 0. The van der Waals surface area contributed by atoms with Gasteiger partial charge < -0.3 is 4.57 Å². The highest BCUT2D eigenvalue weighted by Gasteiger charge is 2.42. The van der Waals surface area contributed by atoms with E-state index in [1.807, 2.05) is 0 Å². The van der Waals surface area contributed by atoms with Gasteiger partial charge in [-0.2, -0.15) is 13.2 Å². The first-order valence-corrected chi connectivity index (χ1v) is 9.30. The van der Waals surface area contributed by atoms with Gasteiger partial charge in [0, 0.05) is 17.0 Å². The molecule has 1 aliphatic heterocycles. The van der Waals surface area contributed by atoms with Crippen LogP contribution in [0, 0.1) is 13.8 Å². The number of nitrogens with zero attached hydrogens (tertiary/aromatic N) is 2. The minimum absolute atomic E-state index is 0.0344. The SMILES string of the molecule is Cc1cc(C(=O)CN2C(=O)c3ccccc3S2(=O)=O)c(C)n1CC(F)(F)F. The minimum Gasteiger partial charge on any atom is -0.339 e. The minimum atomic E-state index is -4.47. The second-order valence-electron chi connectivity index (χ2n) is 6.22. The van der Waals surface area contributed by atoms with E-state index in [1.165, 1.54) is 44.2 Å². The Morgan fingerprint density at radius 1 is 1.15 bits per heavy atom. The van der Waals surface area contributed by atoms with E-state index in [-0.39, 0.29) is 27.4 Å². The topological polar surface area (TPSA) is 76.5 Å². The molecular formula is C17H15F3N2O4S. The van der Waals surface area contributed by atoms with Crippen LogP contribution in [-0.4, -0.2) is 41.7 Å². The maximum absolute atomic E-state index is 12.7. The van der Waals surface area contributed by atoms with E-state index in [0.717, 1.165) is 4.57 Å². The zero-order chi connectivity index (χ0) is 20.1. The quantitative estimate of drug-likeness (QED) is 0.740. The number of aromatic nitrogens is 1. The number of sulfonamides is 1. The second kappa shape index (κ2) is 6.22. The first kappa shape index (κ1) is 19.2. The molecule has 0 bridgehead atoms. The maximum atomic E-state index is 12.7. The molecule has 1 aliphatic rings. The fraction of sp³-hybridized carbons (Fsp3) is 0.294. The van der Waals surface area contributed by atoms with Crippen LogP contribution in [0.25, 0.3) is 0 Å². The molecule has 3 rings (SSSR count). The third kappa shape index (κ3) is 3.25. The Morgan fingerprint density at radius 3 is 2.37 bits per heavy atom. The number of alkyl halides is 3. The van der Waals surface area contributed by atoms with Crippen molar-refractivity contribution in [1.29, 1.82) is 0 Å². The number of carbonyl (C=O) groups is 2. The fourth-order valence-corrected chi connectivity index (χ4v) is 4.63. The van der Waals surface area contributed by atoms with Gasteiger partial charge >= 0.3 is 6.18 Å². The van der Waals surface area contributed by atoms with Crippen LogP contribution in [0.3, 0.4) is 0 Å². The lowest BCUT2D eigenvalue weighted by molar-refractivity contribution is -0.141. The lowest BCUT2D eigenvalue weighted by Gasteiger charge is -2.15. The van der Waals surface area contributed by atoms with Crippen molar-refractivity contribution in [3.63, 3.8) is 0 Å². The lowest BCUT2D eigenvalue weighted by Crippen LogP contribution is -2.35. The van der Waals surface area contributed by atoms with Gasteiger partial charge in [-0.25, -0.2) is 12.7 Å². The first-order chi connectivity index (χ1) is 12.4. The molecule has 0 unspecified atom stereocenters. The highest BCUT2D eigenvalue weighted by atomic mass is 32.2. The van der Waals surface area contributed by atoms with Crippen LogP contribution in [0.5, 0.6) is 0 Å². The highest BCUT2D eigenvalue weighted by Crippen LogP contribution is 2.30. The van der Waals surface area contributed by atoms with Gasteiger partial charge in [-0.05, 0) is 32.0 Å². The summed E-state index contributed by atoms with van der Waals surface area (Å²) in [6.45, 7) is 0.737. The molecule has 144 valence electrons. The summed E-state index contributed by atoms with van der Waals surface area (Å²) in [5, 5.41) is 0. The van der Waals surface area contributed by atoms with Crippen molar-refractivity contribution in [2.75, 3.05) is 6.54 Å². The molecule has 2 aromatic rings. The molecule has 2 heterocycles. The fourth-order valence-electron chi connectivity index (χ4n) is 3.11. The molecule has 1 aromatic carbocycles. The van der Waals surface area contributed by atoms with Crippen molar-refractivity contribution >= 4 is 21.7 Å². The van der Waals surface area contributed by atoms with Gasteiger partial charge in [0.05, 0.1) is 5.56 Å². The molecular weight excluding hydrogens is 385 g/mol. The number of aryl methyl sites for hydroxylation is 1. The predicted molar refractivity (Wildman–Crippen MR) is 89.0 cm³/mol. The van der Waals surface area contributed by atoms with Crippen LogP contribution in [-0.2, 0) is 16.6 Å². The van der Waals surface area contributed by atoms with Crippen LogP contribution in [0.15, 0.2) is 35.2 Å². The van der Waals surface area contributed by atoms with Gasteiger partial charge in [0.15, 0.2) is 5.78 Å². The molecule has 0 saturated carbocycles. The summed E-state index contributed by atoms with van der Waals surface area (Å²) in [7, 11) is -4.17. The van der Waals surface area contributed by atoms with E-state index >= 15 is 0 Å². The van der Waals surface area contributed by atoms with Crippen molar-refractivity contribution in [3.05, 3.63) is 52.8 Å². The predicted octanol–water partition coefficient (Wildman–Crippen LogP) is 2.69. The molecule has 0 atom stereocenters. The number of ketones is 1. The van der Waals surface area contributed by atoms with Gasteiger partial charge in [-0.1, -0.05) is 12.1 Å². The monoisotopic (exact) mass is 400 g/mol.